The van der Waals surface area contributed by atoms with Gasteiger partial charge in [0.15, 0.2) is 23.0 Å². The molecule has 0 aliphatic rings. The molecule has 0 aliphatic carbocycles. The Morgan fingerprint density at radius 1 is 0.735 bits per heavy atom. The Bertz CT molecular complexity index is 1050. The van der Waals surface area contributed by atoms with Gasteiger partial charge in [0.05, 0.1) is 5.56 Å². The molecule has 10 heteroatoms. The minimum atomic E-state index is -1.03. The molecule has 0 aliphatic heterocycles. The minimum Gasteiger partial charge on any atom is -0.504 e. The maximum absolute atomic E-state index is 13.0. The summed E-state index contributed by atoms with van der Waals surface area (Å²) in [6.45, 7) is 6.83. The Morgan fingerprint density at radius 3 is 1.85 bits per heavy atom. The van der Waals surface area contributed by atoms with Crippen LogP contribution in [-0.2, 0) is 16.1 Å². The Morgan fingerprint density at radius 2 is 1.26 bits per heavy atom. The molecule has 2 aromatic rings. The van der Waals surface area contributed by atoms with Gasteiger partial charge in [-0.1, -0.05) is 45.9 Å². The number of aromatic hydroxyl groups is 4. The maximum Gasteiger partial charge on any atom is 0.255 e. The number of nitrogens with one attached hydrogen (secondary N) is 3. The van der Waals surface area contributed by atoms with Gasteiger partial charge in [-0.15, -0.1) is 0 Å². The van der Waals surface area contributed by atoms with Crippen molar-refractivity contribution in [3.05, 3.63) is 47.5 Å². The fraction of sp³-hybridized carbons (Fsp3) is 0.375. The van der Waals surface area contributed by atoms with Crippen LogP contribution in [0, 0.1) is 11.8 Å². The first-order valence-corrected chi connectivity index (χ1v) is 10.8. The monoisotopic (exact) mass is 473 g/mol. The summed E-state index contributed by atoms with van der Waals surface area (Å²) in [5.74, 6) is -4.25. The van der Waals surface area contributed by atoms with Gasteiger partial charge >= 0.3 is 0 Å². The van der Waals surface area contributed by atoms with E-state index in [1.165, 1.54) is 30.3 Å². The highest BCUT2D eigenvalue weighted by Gasteiger charge is 2.31. The smallest absolute Gasteiger partial charge is 0.255 e. The Hall–Kier alpha value is -3.95. The molecule has 2 rings (SSSR count). The summed E-state index contributed by atoms with van der Waals surface area (Å²) < 4.78 is 0. The summed E-state index contributed by atoms with van der Waals surface area (Å²) in [5, 5.41) is 46.9. The van der Waals surface area contributed by atoms with Gasteiger partial charge in [0.2, 0.25) is 11.8 Å². The number of hydrogen-bond donors (Lipinski definition) is 7. The number of carbonyl (C=O) groups is 3. The molecule has 0 bridgehead atoms. The third-order valence-electron chi connectivity index (χ3n) is 5.29. The third-order valence-corrected chi connectivity index (χ3v) is 5.29. The molecule has 10 nitrogen and oxygen atoms in total. The summed E-state index contributed by atoms with van der Waals surface area (Å²) in [7, 11) is 0. The highest BCUT2D eigenvalue weighted by atomic mass is 16.3. The van der Waals surface area contributed by atoms with Gasteiger partial charge in [-0.25, -0.2) is 0 Å². The Labute approximate surface area is 197 Å². The minimum absolute atomic E-state index is 0.0702. The molecule has 0 spiro atoms. The molecular formula is C24H31N3O7. The zero-order valence-corrected chi connectivity index (χ0v) is 19.5. The Kier molecular flexibility index (Phi) is 8.71. The highest BCUT2D eigenvalue weighted by Crippen LogP contribution is 2.29. The number of benzene rings is 2. The van der Waals surface area contributed by atoms with Crippen LogP contribution in [0.1, 0.15) is 43.6 Å². The number of phenolic OH excluding ortho intramolecular Hbond substituents is 4. The molecular weight excluding hydrogens is 442 g/mol. The summed E-state index contributed by atoms with van der Waals surface area (Å²) >= 11 is 0. The zero-order chi connectivity index (χ0) is 25.6. The molecule has 0 saturated heterocycles. The van der Waals surface area contributed by atoms with Crippen LogP contribution in [0.3, 0.4) is 0 Å². The van der Waals surface area contributed by atoms with E-state index in [9.17, 15) is 34.8 Å². The molecule has 0 aromatic heterocycles. The van der Waals surface area contributed by atoms with E-state index in [0.717, 1.165) is 0 Å². The van der Waals surface area contributed by atoms with Crippen molar-refractivity contribution in [3.8, 4) is 23.0 Å². The summed E-state index contributed by atoms with van der Waals surface area (Å²) in [4.78, 5) is 38.4. The van der Waals surface area contributed by atoms with Crippen LogP contribution < -0.4 is 16.0 Å². The largest absolute Gasteiger partial charge is 0.504 e. The quantitative estimate of drug-likeness (QED) is 0.272. The molecule has 2 aromatic carbocycles. The van der Waals surface area contributed by atoms with Gasteiger partial charge < -0.3 is 36.4 Å². The van der Waals surface area contributed by atoms with E-state index in [1.54, 1.807) is 33.8 Å². The fourth-order valence-corrected chi connectivity index (χ4v) is 3.26. The Balaban J connectivity index is 2.11. The van der Waals surface area contributed by atoms with Gasteiger partial charge in [-0.2, -0.15) is 0 Å². The summed E-state index contributed by atoms with van der Waals surface area (Å²) in [6.07, 6.45) is 0. The van der Waals surface area contributed by atoms with Crippen LogP contribution in [0.5, 0.6) is 23.0 Å². The lowest BCUT2D eigenvalue weighted by molar-refractivity contribution is -0.131. The van der Waals surface area contributed by atoms with Crippen molar-refractivity contribution in [2.75, 3.05) is 0 Å². The second kappa shape index (κ2) is 11.3. The number of carbonyl (C=O) groups excluding carboxylic acids is 3. The first kappa shape index (κ1) is 26.3. The number of phenols is 4. The average Bonchev–Trinajstić information content (AvgIpc) is 2.77. The van der Waals surface area contributed by atoms with Crippen molar-refractivity contribution >= 4 is 17.7 Å². The van der Waals surface area contributed by atoms with Crippen molar-refractivity contribution in [1.29, 1.82) is 0 Å². The van der Waals surface area contributed by atoms with Crippen molar-refractivity contribution in [2.24, 2.45) is 11.8 Å². The zero-order valence-electron chi connectivity index (χ0n) is 19.5. The maximum atomic E-state index is 13.0. The van der Waals surface area contributed by atoms with Crippen LogP contribution in [0.15, 0.2) is 36.4 Å². The van der Waals surface area contributed by atoms with E-state index < -0.39 is 41.3 Å². The first-order chi connectivity index (χ1) is 15.9. The topological polar surface area (TPSA) is 168 Å². The molecule has 0 fully saturated rings. The number of para-hydroxylation sites is 2. The second-order valence-corrected chi connectivity index (χ2v) is 8.60. The van der Waals surface area contributed by atoms with Crippen molar-refractivity contribution in [1.82, 2.24) is 16.0 Å². The van der Waals surface area contributed by atoms with Gasteiger partial charge in [-0.05, 0) is 30.0 Å². The van der Waals surface area contributed by atoms with Crippen molar-refractivity contribution in [3.63, 3.8) is 0 Å². The predicted molar refractivity (Wildman–Crippen MR) is 124 cm³/mol. The van der Waals surface area contributed by atoms with Crippen LogP contribution >= 0.6 is 0 Å². The summed E-state index contributed by atoms with van der Waals surface area (Å²) in [6, 6.07) is 6.32. The molecule has 7 N–H and O–H groups in total. The molecule has 34 heavy (non-hydrogen) atoms. The standard InChI is InChI=1S/C24H31N3O7/c1-12(2)18(23(33)25-11-14-7-5-9-16(28)20(14)30)27-24(34)19(13(3)4)26-22(32)15-8-6-10-17(29)21(15)31/h5-10,12-13,18-19,28-31H,11H2,1-4H3,(H,25,33)(H,26,32)(H,27,34)/t18-,19-/m0/s1. The molecule has 0 unspecified atom stereocenters. The van der Waals surface area contributed by atoms with E-state index in [2.05, 4.69) is 16.0 Å². The van der Waals surface area contributed by atoms with E-state index >= 15 is 0 Å². The summed E-state index contributed by atoms with van der Waals surface area (Å²) in [5.41, 5.74) is 0.114. The number of hydrogen-bond acceptors (Lipinski definition) is 7. The molecule has 0 radical (unpaired) electrons. The molecule has 2 atom stereocenters. The number of rotatable bonds is 9. The highest BCUT2D eigenvalue weighted by molar-refractivity contribution is 6.00. The van der Waals surface area contributed by atoms with Crippen LogP contribution in [0.25, 0.3) is 0 Å². The van der Waals surface area contributed by atoms with E-state index in [4.69, 9.17) is 0 Å². The van der Waals surface area contributed by atoms with E-state index in [0.29, 0.717) is 5.56 Å². The average molecular weight is 474 g/mol. The predicted octanol–water partition coefficient (Wildman–Crippen LogP) is 1.72. The van der Waals surface area contributed by atoms with Gasteiger partial charge in [0.25, 0.3) is 5.91 Å². The molecule has 0 saturated carbocycles. The van der Waals surface area contributed by atoms with Gasteiger partial charge in [0.1, 0.15) is 12.1 Å². The van der Waals surface area contributed by atoms with Gasteiger partial charge in [-0.3, -0.25) is 14.4 Å². The SMILES string of the molecule is CC(C)[C@H](NC(=O)c1cccc(O)c1O)C(=O)N[C@H](C(=O)NCc1cccc(O)c1O)C(C)C. The molecule has 0 heterocycles. The van der Waals surface area contributed by atoms with Crippen molar-refractivity contribution in [2.45, 2.75) is 46.3 Å². The lowest BCUT2D eigenvalue weighted by Gasteiger charge is -2.27. The second-order valence-electron chi connectivity index (χ2n) is 8.60. The van der Waals surface area contributed by atoms with Crippen LogP contribution in [0.4, 0.5) is 0 Å². The van der Waals surface area contributed by atoms with E-state index in [-0.39, 0.29) is 35.4 Å². The lowest BCUT2D eigenvalue weighted by Crippen LogP contribution is -2.56. The fourth-order valence-electron chi connectivity index (χ4n) is 3.26. The molecule has 184 valence electrons. The first-order valence-electron chi connectivity index (χ1n) is 10.8. The normalized spacial score (nSPS) is 12.8. The molecule has 3 amide bonds. The van der Waals surface area contributed by atoms with Crippen LogP contribution in [0.2, 0.25) is 0 Å². The lowest BCUT2D eigenvalue weighted by atomic mass is 9.99. The van der Waals surface area contributed by atoms with Crippen molar-refractivity contribution < 1.29 is 34.8 Å². The third kappa shape index (κ3) is 6.31. The number of amides is 3. The van der Waals surface area contributed by atoms with Crippen LogP contribution in [-0.4, -0.2) is 50.2 Å². The van der Waals surface area contributed by atoms with E-state index in [1.807, 2.05) is 0 Å². The van der Waals surface area contributed by atoms with Gasteiger partial charge in [0, 0.05) is 12.1 Å².